The number of rotatable bonds is 12. The van der Waals surface area contributed by atoms with Crippen molar-refractivity contribution in [3.05, 3.63) is 65.1 Å². The molecule has 0 spiro atoms. The fourth-order valence-electron chi connectivity index (χ4n) is 5.87. The Morgan fingerprint density at radius 1 is 1.02 bits per heavy atom. The second kappa shape index (κ2) is 16.2. The molecule has 2 aliphatic heterocycles. The number of pyridine rings is 2. The van der Waals surface area contributed by atoms with E-state index in [1.54, 1.807) is 19.2 Å². The molecular weight excluding hydrogens is 611 g/mol. The SMILES string of the molecule is CCOC(=O)CCN1CCN(c2ccc(Oc3cc(CN4CCC(CNC(C)=O)CC4)cc(-c4cc(F)cc(Cl)c4)n3)cn2)CC1. The number of aromatic nitrogens is 2. The van der Waals surface area contributed by atoms with Crippen molar-refractivity contribution in [2.24, 2.45) is 5.92 Å². The Balaban J connectivity index is 1.24. The highest BCUT2D eigenvalue weighted by molar-refractivity contribution is 6.30. The van der Waals surface area contributed by atoms with Gasteiger partial charge in [-0.05, 0) is 80.7 Å². The first-order chi connectivity index (χ1) is 22.2. The summed E-state index contributed by atoms with van der Waals surface area (Å²) in [6.45, 7) is 11.0. The zero-order chi connectivity index (χ0) is 32.5. The molecule has 4 heterocycles. The minimum Gasteiger partial charge on any atom is -0.466 e. The van der Waals surface area contributed by atoms with E-state index in [2.05, 4.69) is 25.0 Å². The smallest absolute Gasteiger partial charge is 0.307 e. The standard InChI is InChI=1S/C34H42ClFN6O4/c1-3-45-34(44)8-11-40-12-14-42(15-13-40)32-5-4-30(22-38-32)46-33-17-26(16-31(39-33)27-18-28(35)20-29(36)19-27)23-41-9-6-25(7-10-41)21-37-24(2)43/h4-5,16-20,22,25H,3,6-15,21,23H2,1-2H3,(H,37,43). The Kier molecular flexibility index (Phi) is 11.8. The summed E-state index contributed by atoms with van der Waals surface area (Å²) in [6.07, 6.45) is 4.10. The van der Waals surface area contributed by atoms with Crippen molar-refractivity contribution in [3.8, 4) is 22.9 Å². The summed E-state index contributed by atoms with van der Waals surface area (Å²) in [6, 6.07) is 12.1. The molecule has 2 saturated heterocycles. The van der Waals surface area contributed by atoms with Crippen LogP contribution < -0.4 is 15.0 Å². The van der Waals surface area contributed by atoms with Crippen molar-refractivity contribution in [2.75, 3.05) is 63.9 Å². The highest BCUT2D eigenvalue weighted by Gasteiger charge is 2.21. The Morgan fingerprint density at radius 2 is 1.80 bits per heavy atom. The van der Waals surface area contributed by atoms with Crippen LogP contribution in [0, 0.1) is 11.7 Å². The largest absolute Gasteiger partial charge is 0.466 e. The lowest BCUT2D eigenvalue weighted by molar-refractivity contribution is -0.143. The first-order valence-corrected chi connectivity index (χ1v) is 16.3. The Bertz CT molecular complexity index is 1460. The lowest BCUT2D eigenvalue weighted by Crippen LogP contribution is -2.47. The highest BCUT2D eigenvalue weighted by Crippen LogP contribution is 2.30. The predicted octanol–water partition coefficient (Wildman–Crippen LogP) is 5.15. The lowest BCUT2D eigenvalue weighted by atomic mass is 9.96. The van der Waals surface area contributed by atoms with Gasteiger partial charge in [0, 0.05) is 69.4 Å². The van der Waals surface area contributed by atoms with Crippen LogP contribution in [0.25, 0.3) is 11.3 Å². The molecule has 10 nitrogen and oxygen atoms in total. The molecule has 2 aromatic heterocycles. The van der Waals surface area contributed by atoms with Gasteiger partial charge in [0.15, 0.2) is 0 Å². The quantitative estimate of drug-likeness (QED) is 0.266. The van der Waals surface area contributed by atoms with E-state index in [-0.39, 0.29) is 11.9 Å². The van der Waals surface area contributed by atoms with Crippen LogP contribution in [-0.2, 0) is 20.9 Å². The van der Waals surface area contributed by atoms with E-state index < -0.39 is 5.82 Å². The molecule has 0 atom stereocenters. The number of carbonyl (C=O) groups is 2. The van der Waals surface area contributed by atoms with Gasteiger partial charge in [-0.3, -0.25) is 19.4 Å². The Labute approximate surface area is 274 Å². The molecule has 1 N–H and O–H groups in total. The number of benzene rings is 1. The number of piperidine rings is 1. The van der Waals surface area contributed by atoms with Crippen molar-refractivity contribution in [2.45, 2.75) is 39.7 Å². The maximum absolute atomic E-state index is 14.3. The topological polar surface area (TPSA) is 100 Å². The van der Waals surface area contributed by atoms with Crippen LogP contribution in [0.4, 0.5) is 10.2 Å². The van der Waals surface area contributed by atoms with Gasteiger partial charge < -0.3 is 19.7 Å². The number of hydrogen-bond acceptors (Lipinski definition) is 9. The molecule has 3 aromatic rings. The van der Waals surface area contributed by atoms with Gasteiger partial charge in [-0.15, -0.1) is 0 Å². The third kappa shape index (κ3) is 9.85. The van der Waals surface area contributed by atoms with E-state index >= 15 is 0 Å². The van der Waals surface area contributed by atoms with Crippen molar-refractivity contribution >= 4 is 29.3 Å². The maximum Gasteiger partial charge on any atom is 0.307 e. The third-order valence-corrected chi connectivity index (χ3v) is 8.57. The number of nitrogens with zero attached hydrogens (tertiary/aromatic N) is 5. The van der Waals surface area contributed by atoms with Crippen LogP contribution in [0.15, 0.2) is 48.7 Å². The maximum atomic E-state index is 14.3. The normalized spacial score (nSPS) is 16.3. The van der Waals surface area contributed by atoms with E-state index in [1.165, 1.54) is 12.1 Å². The van der Waals surface area contributed by atoms with Crippen molar-refractivity contribution < 1.29 is 23.5 Å². The minimum atomic E-state index is -0.432. The molecule has 246 valence electrons. The van der Waals surface area contributed by atoms with Crippen LogP contribution in [0.2, 0.25) is 5.02 Å². The van der Waals surface area contributed by atoms with Crippen LogP contribution in [0.1, 0.15) is 38.7 Å². The average Bonchev–Trinajstić information content (AvgIpc) is 3.04. The Morgan fingerprint density at radius 3 is 2.48 bits per heavy atom. The number of anilines is 1. The van der Waals surface area contributed by atoms with Crippen molar-refractivity contribution in [3.63, 3.8) is 0 Å². The minimum absolute atomic E-state index is 0.00353. The summed E-state index contributed by atoms with van der Waals surface area (Å²) >= 11 is 6.18. The van der Waals surface area contributed by atoms with Crippen LogP contribution in [-0.4, -0.2) is 90.6 Å². The molecule has 1 aromatic carbocycles. The zero-order valence-electron chi connectivity index (χ0n) is 26.5. The van der Waals surface area contributed by atoms with Crippen LogP contribution in [0.3, 0.4) is 0 Å². The number of nitrogens with one attached hydrogen (secondary N) is 1. The van der Waals surface area contributed by atoms with E-state index in [9.17, 15) is 14.0 Å². The molecule has 0 saturated carbocycles. The van der Waals surface area contributed by atoms with E-state index in [0.29, 0.717) is 66.5 Å². The van der Waals surface area contributed by atoms with Gasteiger partial charge >= 0.3 is 5.97 Å². The second-order valence-electron chi connectivity index (χ2n) is 11.9. The number of piperazine rings is 1. The fraction of sp³-hybridized carbons (Fsp3) is 0.471. The molecule has 2 aliphatic rings. The molecule has 0 radical (unpaired) electrons. The lowest BCUT2D eigenvalue weighted by Gasteiger charge is -2.35. The number of amides is 1. The first kappa shape index (κ1) is 33.6. The van der Waals surface area contributed by atoms with Gasteiger partial charge in [-0.1, -0.05) is 11.6 Å². The average molecular weight is 653 g/mol. The molecule has 2 fully saturated rings. The number of halogens is 2. The monoisotopic (exact) mass is 652 g/mol. The van der Waals surface area contributed by atoms with Crippen LogP contribution in [0.5, 0.6) is 11.6 Å². The molecule has 0 bridgehead atoms. The fourth-order valence-corrected chi connectivity index (χ4v) is 6.09. The molecule has 46 heavy (non-hydrogen) atoms. The van der Waals surface area contributed by atoms with E-state index in [0.717, 1.165) is 63.5 Å². The summed E-state index contributed by atoms with van der Waals surface area (Å²) in [4.78, 5) is 39.2. The summed E-state index contributed by atoms with van der Waals surface area (Å²) in [5.74, 6) is 1.67. The number of ether oxygens (including phenoxy) is 2. The van der Waals surface area contributed by atoms with Crippen LogP contribution >= 0.6 is 11.6 Å². The summed E-state index contributed by atoms with van der Waals surface area (Å²) < 4.78 is 25.5. The zero-order valence-corrected chi connectivity index (χ0v) is 27.3. The van der Waals surface area contributed by atoms with Gasteiger partial charge in [0.1, 0.15) is 17.4 Å². The molecule has 0 aliphatic carbocycles. The van der Waals surface area contributed by atoms with Gasteiger partial charge in [-0.2, -0.15) is 0 Å². The molecular formula is C34H42ClFN6O4. The predicted molar refractivity (Wildman–Crippen MR) is 176 cm³/mol. The number of hydrogen-bond donors (Lipinski definition) is 1. The second-order valence-corrected chi connectivity index (χ2v) is 12.3. The van der Waals surface area contributed by atoms with E-state index in [1.807, 2.05) is 31.2 Å². The summed E-state index contributed by atoms with van der Waals surface area (Å²) in [5.41, 5.74) is 2.13. The third-order valence-electron chi connectivity index (χ3n) is 8.35. The molecule has 1 amide bonds. The summed E-state index contributed by atoms with van der Waals surface area (Å²) in [7, 11) is 0. The van der Waals surface area contributed by atoms with Gasteiger partial charge in [0.05, 0.1) is 24.9 Å². The van der Waals surface area contributed by atoms with E-state index in [4.69, 9.17) is 26.1 Å². The van der Waals surface area contributed by atoms with Gasteiger partial charge in [-0.25, -0.2) is 14.4 Å². The molecule has 12 heteroatoms. The molecule has 0 unspecified atom stereocenters. The number of likely N-dealkylation sites (tertiary alicyclic amines) is 1. The highest BCUT2D eigenvalue weighted by atomic mass is 35.5. The number of esters is 1. The van der Waals surface area contributed by atoms with Crippen molar-refractivity contribution in [1.82, 2.24) is 25.1 Å². The Hall–Kier alpha value is -3.80. The first-order valence-electron chi connectivity index (χ1n) is 15.9. The number of carbonyl (C=O) groups excluding carboxylic acids is 2. The van der Waals surface area contributed by atoms with Crippen molar-refractivity contribution in [1.29, 1.82) is 0 Å². The summed E-state index contributed by atoms with van der Waals surface area (Å²) in [5, 5.41) is 3.23. The van der Waals surface area contributed by atoms with Gasteiger partial charge in [0.25, 0.3) is 0 Å². The molecule has 5 rings (SSSR count). The van der Waals surface area contributed by atoms with Gasteiger partial charge in [0.2, 0.25) is 11.8 Å².